The van der Waals surface area contributed by atoms with E-state index in [1.165, 1.54) is 6.08 Å². The van der Waals surface area contributed by atoms with E-state index in [9.17, 15) is 14.4 Å². The number of aromatic nitrogens is 1. The minimum Gasteiger partial charge on any atom is -0.456 e. The highest BCUT2D eigenvalue weighted by Gasteiger charge is 2.25. The Balaban J connectivity index is 1.99. The third kappa shape index (κ3) is 6.71. The van der Waals surface area contributed by atoms with Crippen molar-refractivity contribution in [1.29, 1.82) is 0 Å². The molecule has 0 aliphatic heterocycles. The van der Waals surface area contributed by atoms with E-state index in [4.69, 9.17) is 9.47 Å². The lowest BCUT2D eigenvalue weighted by Gasteiger charge is -2.22. The van der Waals surface area contributed by atoms with Crippen LogP contribution in [0.5, 0.6) is 0 Å². The van der Waals surface area contributed by atoms with Crippen LogP contribution in [0.25, 0.3) is 10.9 Å². The molecule has 0 aliphatic carbocycles. The molecule has 0 fully saturated rings. The fourth-order valence-corrected chi connectivity index (χ4v) is 2.55. The number of nitrogens with zero attached hydrogens (tertiary/aromatic N) is 1. The van der Waals surface area contributed by atoms with E-state index in [0.29, 0.717) is 5.56 Å². The van der Waals surface area contributed by atoms with Crippen LogP contribution in [-0.2, 0) is 14.3 Å². The maximum Gasteiger partial charge on any atom is 0.408 e. The molecule has 0 bridgehead atoms. The molecule has 154 valence electrons. The van der Waals surface area contributed by atoms with Gasteiger partial charge in [-0.3, -0.25) is 9.78 Å². The summed E-state index contributed by atoms with van der Waals surface area (Å²) in [6, 6.07) is 7.86. The molecule has 1 amide bonds. The van der Waals surface area contributed by atoms with Gasteiger partial charge in [-0.15, -0.1) is 6.58 Å². The van der Waals surface area contributed by atoms with E-state index in [1.54, 1.807) is 39.0 Å². The van der Waals surface area contributed by atoms with Gasteiger partial charge in [-0.1, -0.05) is 12.1 Å². The van der Waals surface area contributed by atoms with Crippen molar-refractivity contribution < 1.29 is 23.9 Å². The second kappa shape index (κ2) is 9.32. The fraction of sp³-hybridized carbons (Fsp3) is 0.364. The van der Waals surface area contributed by atoms with Crippen molar-refractivity contribution in [3.8, 4) is 0 Å². The lowest BCUT2D eigenvalue weighted by molar-refractivity contribution is -0.144. The Morgan fingerprint density at radius 2 is 1.93 bits per heavy atom. The molecule has 1 heterocycles. The molecule has 7 nitrogen and oxygen atoms in total. The summed E-state index contributed by atoms with van der Waals surface area (Å²) in [6.07, 6.45) is 0.876. The molecule has 1 aromatic carbocycles. The molecule has 1 N–H and O–H groups in total. The highest BCUT2D eigenvalue weighted by Crippen LogP contribution is 2.15. The van der Waals surface area contributed by atoms with Crippen LogP contribution in [0.15, 0.2) is 43.0 Å². The first-order valence-corrected chi connectivity index (χ1v) is 9.26. The van der Waals surface area contributed by atoms with Crippen molar-refractivity contribution in [2.45, 2.75) is 45.8 Å². The highest BCUT2D eigenvalue weighted by atomic mass is 16.6. The fourth-order valence-electron chi connectivity index (χ4n) is 2.55. The van der Waals surface area contributed by atoms with Crippen molar-refractivity contribution >= 4 is 28.7 Å². The zero-order valence-corrected chi connectivity index (χ0v) is 17.2. The first kappa shape index (κ1) is 22.1. The Bertz CT molecular complexity index is 930. The quantitative estimate of drug-likeness (QED) is 0.434. The van der Waals surface area contributed by atoms with Gasteiger partial charge in [0.25, 0.3) is 0 Å². The lowest BCUT2D eigenvalue weighted by atomic mass is 10.1. The van der Waals surface area contributed by atoms with Gasteiger partial charge in [0.15, 0.2) is 12.4 Å². The van der Waals surface area contributed by atoms with Gasteiger partial charge in [0.2, 0.25) is 0 Å². The number of ketones is 1. The van der Waals surface area contributed by atoms with Gasteiger partial charge in [-0.05, 0) is 58.4 Å². The Hall–Kier alpha value is -3.22. The lowest BCUT2D eigenvalue weighted by Crippen LogP contribution is -2.44. The number of fused-ring (bicyclic) bond motifs is 1. The van der Waals surface area contributed by atoms with Crippen LogP contribution in [0.3, 0.4) is 0 Å². The summed E-state index contributed by atoms with van der Waals surface area (Å²) in [4.78, 5) is 41.0. The normalized spacial score (nSPS) is 12.1. The number of rotatable bonds is 7. The number of aryl methyl sites for hydroxylation is 1. The Morgan fingerprint density at radius 3 is 2.59 bits per heavy atom. The van der Waals surface area contributed by atoms with E-state index >= 15 is 0 Å². The number of benzene rings is 1. The number of Topliss-reactive ketones (excluding diaryl/α,β-unsaturated/α-hetero) is 1. The third-order valence-electron chi connectivity index (χ3n) is 3.87. The molecule has 7 heteroatoms. The van der Waals surface area contributed by atoms with Crippen LogP contribution in [-0.4, -0.2) is 41.1 Å². The van der Waals surface area contributed by atoms with Crippen LogP contribution in [0.2, 0.25) is 0 Å². The summed E-state index contributed by atoms with van der Waals surface area (Å²) in [5, 5.41) is 3.26. The molecule has 2 rings (SSSR count). The summed E-state index contributed by atoms with van der Waals surface area (Å²) in [5.41, 5.74) is 1.38. The van der Waals surface area contributed by atoms with Crippen molar-refractivity contribution in [1.82, 2.24) is 10.3 Å². The highest BCUT2D eigenvalue weighted by molar-refractivity contribution is 6.01. The summed E-state index contributed by atoms with van der Waals surface area (Å²) < 4.78 is 10.3. The van der Waals surface area contributed by atoms with Crippen molar-refractivity contribution in [2.75, 3.05) is 6.61 Å². The van der Waals surface area contributed by atoms with Crippen molar-refractivity contribution in [3.63, 3.8) is 0 Å². The number of ether oxygens (including phenoxy) is 2. The molecule has 29 heavy (non-hydrogen) atoms. The van der Waals surface area contributed by atoms with Crippen molar-refractivity contribution in [2.24, 2.45) is 0 Å². The van der Waals surface area contributed by atoms with Crippen LogP contribution in [0.4, 0.5) is 4.79 Å². The first-order valence-electron chi connectivity index (χ1n) is 9.26. The van der Waals surface area contributed by atoms with Gasteiger partial charge in [-0.2, -0.15) is 0 Å². The molecule has 0 unspecified atom stereocenters. The largest absolute Gasteiger partial charge is 0.456 e. The summed E-state index contributed by atoms with van der Waals surface area (Å²) >= 11 is 0. The zero-order chi connectivity index (χ0) is 21.6. The Morgan fingerprint density at radius 1 is 1.21 bits per heavy atom. The van der Waals surface area contributed by atoms with Crippen LogP contribution >= 0.6 is 0 Å². The van der Waals surface area contributed by atoms with Gasteiger partial charge >= 0.3 is 12.1 Å². The second-order valence-electron chi connectivity index (χ2n) is 7.61. The van der Waals surface area contributed by atoms with E-state index in [1.807, 2.05) is 19.1 Å². The standard InChI is InChI=1S/C22H26N2O5/c1-6-7-18(24-21(27)29-22(3,4)5)20(26)28-13-19(25)16-10-11-17-15(12-16)9-8-14(2)23-17/h6,8-12,18H,1,7,13H2,2-5H3,(H,24,27)/t18-/m0/s1. The number of esters is 1. The number of pyridine rings is 1. The topological polar surface area (TPSA) is 94.6 Å². The smallest absolute Gasteiger partial charge is 0.408 e. The molecule has 0 saturated heterocycles. The summed E-state index contributed by atoms with van der Waals surface area (Å²) in [5.74, 6) is -1.09. The van der Waals surface area contributed by atoms with Crippen LogP contribution in [0, 0.1) is 6.92 Å². The molecule has 0 radical (unpaired) electrons. The average molecular weight is 398 g/mol. The van der Waals surface area contributed by atoms with Gasteiger partial charge < -0.3 is 14.8 Å². The molecular formula is C22H26N2O5. The summed E-state index contributed by atoms with van der Waals surface area (Å²) in [6.45, 7) is 10.2. The second-order valence-corrected chi connectivity index (χ2v) is 7.61. The number of hydrogen-bond donors (Lipinski definition) is 1. The maximum absolute atomic E-state index is 12.4. The Labute approximate surface area is 170 Å². The van der Waals surface area contributed by atoms with Gasteiger partial charge in [0.05, 0.1) is 5.52 Å². The molecule has 0 aliphatic rings. The molecule has 1 aromatic heterocycles. The monoisotopic (exact) mass is 398 g/mol. The number of carbonyl (C=O) groups excluding carboxylic acids is 3. The maximum atomic E-state index is 12.4. The van der Waals surface area contributed by atoms with E-state index in [0.717, 1.165) is 16.6 Å². The number of carbonyl (C=O) groups is 3. The molecule has 1 atom stereocenters. The number of alkyl carbamates (subject to hydrolysis) is 1. The molecule has 0 spiro atoms. The minimum absolute atomic E-state index is 0.146. The number of hydrogen-bond acceptors (Lipinski definition) is 6. The van der Waals surface area contributed by atoms with Gasteiger partial charge in [-0.25, -0.2) is 9.59 Å². The number of nitrogens with one attached hydrogen (secondary N) is 1. The molecule has 0 saturated carbocycles. The van der Waals surface area contributed by atoms with E-state index in [2.05, 4.69) is 16.9 Å². The van der Waals surface area contributed by atoms with Crippen molar-refractivity contribution in [3.05, 3.63) is 54.2 Å². The van der Waals surface area contributed by atoms with Crippen LogP contribution in [0.1, 0.15) is 43.2 Å². The van der Waals surface area contributed by atoms with E-state index < -0.39 is 30.3 Å². The predicted molar refractivity (Wildman–Crippen MR) is 110 cm³/mol. The predicted octanol–water partition coefficient (Wildman–Crippen LogP) is 3.74. The average Bonchev–Trinajstić information content (AvgIpc) is 2.63. The minimum atomic E-state index is -0.987. The zero-order valence-electron chi connectivity index (χ0n) is 17.2. The van der Waals surface area contributed by atoms with Crippen LogP contribution < -0.4 is 5.32 Å². The molecular weight excluding hydrogens is 372 g/mol. The molecule has 2 aromatic rings. The SMILES string of the molecule is C=CC[C@H](NC(=O)OC(C)(C)C)C(=O)OCC(=O)c1ccc2nc(C)ccc2c1. The number of amides is 1. The summed E-state index contributed by atoms with van der Waals surface area (Å²) in [7, 11) is 0. The van der Waals surface area contributed by atoms with Gasteiger partial charge in [0.1, 0.15) is 11.6 Å². The Kier molecular flexibility index (Phi) is 7.09. The third-order valence-corrected chi connectivity index (χ3v) is 3.87. The van der Waals surface area contributed by atoms with Gasteiger partial charge in [0, 0.05) is 16.6 Å². The first-order chi connectivity index (χ1) is 13.6. The van der Waals surface area contributed by atoms with E-state index in [-0.39, 0.29) is 12.2 Å².